The van der Waals surface area contributed by atoms with Crippen LogP contribution in [0.4, 0.5) is 0 Å². The van der Waals surface area contributed by atoms with Crippen LogP contribution in [-0.2, 0) is 4.79 Å². The van der Waals surface area contributed by atoms with Gasteiger partial charge in [0.2, 0.25) is 5.24 Å². The number of carbonyl (C=O) groups excluding carboxylic acids is 1. The molecule has 0 spiro atoms. The molecule has 0 unspecified atom stereocenters. The minimum absolute atomic E-state index is 0.0679. The first-order valence-corrected chi connectivity index (χ1v) is 3.43. The average Bonchev–Trinajstić information content (AvgIpc) is 1.63. The van der Waals surface area contributed by atoms with Gasteiger partial charge in [-0.3, -0.25) is 4.79 Å². The first kappa shape index (κ1) is 9.57. The van der Waals surface area contributed by atoms with Gasteiger partial charge in [-0.15, -0.1) is 0 Å². The monoisotopic (exact) mass is 206 g/mol. The third-order valence-corrected chi connectivity index (χ3v) is 1.61. The predicted octanol–water partition coefficient (Wildman–Crippen LogP) is 3.03. The molecule has 0 heterocycles. The molecule has 0 aliphatic carbocycles. The van der Waals surface area contributed by atoms with Gasteiger partial charge in [-0.1, -0.05) is 34.8 Å². The first-order valence-electron chi connectivity index (χ1n) is 1.92. The number of halogens is 4. The molecule has 0 aliphatic heterocycles. The van der Waals surface area contributed by atoms with Crippen LogP contribution in [-0.4, -0.2) is 5.24 Å². The number of rotatable bonds is 2. The predicted molar refractivity (Wildman–Crippen MR) is 40.1 cm³/mol. The van der Waals surface area contributed by atoms with Gasteiger partial charge < -0.3 is 0 Å². The molecule has 0 fully saturated rings. The van der Waals surface area contributed by atoms with Gasteiger partial charge in [-0.2, -0.15) is 0 Å². The van der Waals surface area contributed by atoms with Crippen molar-refractivity contribution in [3.8, 4) is 0 Å². The van der Waals surface area contributed by atoms with E-state index in [1.807, 2.05) is 0 Å². The molecule has 0 aromatic heterocycles. The fourth-order valence-electron chi connectivity index (χ4n) is 0.189. The lowest BCUT2D eigenvalue weighted by Crippen LogP contribution is -1.84. The Morgan fingerprint density at radius 1 is 1.11 bits per heavy atom. The maximum Gasteiger partial charge on any atom is 0.227 e. The quantitative estimate of drug-likeness (QED) is 0.637. The van der Waals surface area contributed by atoms with Crippen LogP contribution < -0.4 is 0 Å². The summed E-state index contributed by atoms with van der Waals surface area (Å²) in [6.45, 7) is 0. The Kier molecular flexibility index (Phi) is 4.67. The third-order valence-electron chi connectivity index (χ3n) is 0.499. The summed E-state index contributed by atoms with van der Waals surface area (Å²) in [5, 5.41) is -0.517. The summed E-state index contributed by atoms with van der Waals surface area (Å²) >= 11 is 20.6. The Hall–Kier alpha value is 0.570. The van der Waals surface area contributed by atoms with Crippen LogP contribution in [0.15, 0.2) is 9.52 Å². The second-order valence-corrected chi connectivity index (χ2v) is 3.02. The molecule has 0 saturated heterocycles. The average molecular weight is 208 g/mol. The second kappa shape index (κ2) is 4.40. The standard InChI is InChI=1S/C4H2Cl4O/c5-2(4(7)8)1-3(6)9/h1H2. The summed E-state index contributed by atoms with van der Waals surface area (Å²) in [4.78, 5) is 10.1. The Balaban J connectivity index is 3.92. The van der Waals surface area contributed by atoms with Crippen molar-refractivity contribution in [1.29, 1.82) is 0 Å². The molecule has 52 valence electrons. The van der Waals surface area contributed by atoms with E-state index in [0.717, 1.165) is 0 Å². The Labute approximate surface area is 72.5 Å². The minimum atomic E-state index is -0.584. The maximum atomic E-state index is 10.1. The van der Waals surface area contributed by atoms with Crippen LogP contribution in [0.3, 0.4) is 0 Å². The Morgan fingerprint density at radius 3 is 1.67 bits per heavy atom. The zero-order chi connectivity index (χ0) is 7.44. The van der Waals surface area contributed by atoms with Gasteiger partial charge >= 0.3 is 0 Å². The molecule has 0 aliphatic rings. The Morgan fingerprint density at radius 2 is 1.56 bits per heavy atom. The molecule has 0 radical (unpaired) electrons. The Bertz CT molecular complexity index is 147. The van der Waals surface area contributed by atoms with Crippen LogP contribution in [0.5, 0.6) is 0 Å². The van der Waals surface area contributed by atoms with E-state index in [0.29, 0.717) is 0 Å². The zero-order valence-electron chi connectivity index (χ0n) is 4.13. The van der Waals surface area contributed by atoms with E-state index in [-0.39, 0.29) is 15.9 Å². The number of carbonyl (C=O) groups is 1. The minimum Gasteiger partial charge on any atom is -0.281 e. The van der Waals surface area contributed by atoms with Gasteiger partial charge in [-0.25, -0.2) is 0 Å². The molecule has 0 aromatic rings. The van der Waals surface area contributed by atoms with E-state index in [4.69, 9.17) is 46.4 Å². The summed E-state index contributed by atoms with van der Waals surface area (Å²) in [5.74, 6) is 0. The molecule has 0 saturated carbocycles. The fourth-order valence-corrected chi connectivity index (χ4v) is 0.646. The van der Waals surface area contributed by atoms with Crippen molar-refractivity contribution in [3.63, 3.8) is 0 Å². The normalized spacial score (nSPS) is 8.89. The lowest BCUT2D eigenvalue weighted by atomic mass is 10.5. The molecule has 0 amide bonds. The van der Waals surface area contributed by atoms with Crippen molar-refractivity contribution in [2.45, 2.75) is 6.42 Å². The van der Waals surface area contributed by atoms with E-state index >= 15 is 0 Å². The molecule has 0 bridgehead atoms. The van der Waals surface area contributed by atoms with Gasteiger partial charge in [0.15, 0.2) is 0 Å². The van der Waals surface area contributed by atoms with Crippen LogP contribution in [0.2, 0.25) is 0 Å². The van der Waals surface area contributed by atoms with Gasteiger partial charge in [0.25, 0.3) is 0 Å². The molecular weight excluding hydrogens is 206 g/mol. The molecule has 9 heavy (non-hydrogen) atoms. The van der Waals surface area contributed by atoms with Gasteiger partial charge in [0.1, 0.15) is 4.49 Å². The highest BCUT2D eigenvalue weighted by Crippen LogP contribution is 2.21. The van der Waals surface area contributed by atoms with E-state index in [9.17, 15) is 4.79 Å². The van der Waals surface area contributed by atoms with Crippen molar-refractivity contribution >= 4 is 51.6 Å². The number of allylic oxidation sites excluding steroid dienone is 1. The van der Waals surface area contributed by atoms with Crippen LogP contribution in [0.1, 0.15) is 6.42 Å². The highest BCUT2D eigenvalue weighted by Gasteiger charge is 2.02. The smallest absolute Gasteiger partial charge is 0.227 e. The molecule has 5 heteroatoms. The molecule has 0 aromatic carbocycles. The van der Waals surface area contributed by atoms with E-state index in [1.165, 1.54) is 0 Å². The largest absolute Gasteiger partial charge is 0.281 e. The zero-order valence-corrected chi connectivity index (χ0v) is 7.15. The summed E-state index contributed by atoms with van der Waals surface area (Å²) in [6.07, 6.45) is -0.120. The molecule has 0 rings (SSSR count). The molecule has 1 nitrogen and oxygen atoms in total. The summed E-state index contributed by atoms with van der Waals surface area (Å²) in [7, 11) is 0. The molecule has 0 N–H and O–H groups in total. The van der Waals surface area contributed by atoms with Crippen molar-refractivity contribution < 1.29 is 4.79 Å². The topological polar surface area (TPSA) is 17.1 Å². The highest BCUT2D eigenvalue weighted by molar-refractivity contribution is 6.65. The maximum absolute atomic E-state index is 10.1. The summed E-state index contributed by atoms with van der Waals surface area (Å²) < 4.78 is -0.120. The van der Waals surface area contributed by atoms with Crippen LogP contribution in [0.25, 0.3) is 0 Å². The summed E-state index contributed by atoms with van der Waals surface area (Å²) in [6, 6.07) is 0. The lowest BCUT2D eigenvalue weighted by molar-refractivity contribution is -0.111. The van der Waals surface area contributed by atoms with Crippen molar-refractivity contribution in [1.82, 2.24) is 0 Å². The van der Waals surface area contributed by atoms with Gasteiger partial charge in [0.05, 0.1) is 11.5 Å². The molecular formula is C4H2Cl4O. The van der Waals surface area contributed by atoms with Gasteiger partial charge in [-0.05, 0) is 11.6 Å². The van der Waals surface area contributed by atoms with Crippen molar-refractivity contribution in [2.24, 2.45) is 0 Å². The van der Waals surface area contributed by atoms with Crippen molar-refractivity contribution in [3.05, 3.63) is 9.52 Å². The molecule has 0 atom stereocenters. The number of hydrogen-bond acceptors (Lipinski definition) is 1. The fraction of sp³-hybridized carbons (Fsp3) is 0.250. The summed E-state index contributed by atoms with van der Waals surface area (Å²) in [5.41, 5.74) is 0. The van der Waals surface area contributed by atoms with E-state index < -0.39 is 5.24 Å². The third kappa shape index (κ3) is 5.04. The van der Waals surface area contributed by atoms with Crippen LogP contribution >= 0.6 is 46.4 Å². The highest BCUT2D eigenvalue weighted by atomic mass is 35.5. The van der Waals surface area contributed by atoms with E-state index in [2.05, 4.69) is 0 Å². The van der Waals surface area contributed by atoms with Crippen molar-refractivity contribution in [2.75, 3.05) is 0 Å². The van der Waals surface area contributed by atoms with Gasteiger partial charge in [0, 0.05) is 0 Å². The SMILES string of the molecule is O=C(Cl)CC(Cl)=C(Cl)Cl. The first-order chi connectivity index (χ1) is 4.04. The van der Waals surface area contributed by atoms with Crippen LogP contribution in [0, 0.1) is 0 Å². The van der Waals surface area contributed by atoms with E-state index in [1.54, 1.807) is 0 Å². The number of hydrogen-bond donors (Lipinski definition) is 0. The second-order valence-electron chi connectivity index (χ2n) is 1.20. The lowest BCUT2D eigenvalue weighted by Gasteiger charge is -1.89.